The first kappa shape index (κ1) is 14.8. The van der Waals surface area contributed by atoms with Gasteiger partial charge in [0.15, 0.2) is 5.16 Å². The van der Waals surface area contributed by atoms with Gasteiger partial charge in [-0.15, -0.1) is 10.2 Å². The van der Waals surface area contributed by atoms with Crippen LogP contribution in [0.2, 0.25) is 0 Å². The van der Waals surface area contributed by atoms with E-state index in [0.717, 1.165) is 36.7 Å². The van der Waals surface area contributed by atoms with Crippen molar-refractivity contribution in [3.63, 3.8) is 0 Å². The molecule has 1 aliphatic rings. The minimum absolute atomic E-state index is 0.289. The van der Waals surface area contributed by atoms with E-state index in [4.69, 9.17) is 5.73 Å². The Labute approximate surface area is 119 Å². The highest BCUT2D eigenvalue weighted by atomic mass is 32.2. The van der Waals surface area contributed by atoms with Crippen molar-refractivity contribution in [1.82, 2.24) is 14.8 Å². The monoisotopic (exact) mass is 284 g/mol. The highest BCUT2D eigenvalue weighted by Gasteiger charge is 2.30. The Kier molecular flexibility index (Phi) is 4.86. The summed E-state index contributed by atoms with van der Waals surface area (Å²) in [5.74, 6) is 1.51. The third-order valence-electron chi connectivity index (χ3n) is 3.69. The number of aromatic nitrogens is 3. The number of rotatable bonds is 5. The van der Waals surface area contributed by atoms with Crippen LogP contribution in [-0.2, 0) is 6.54 Å². The van der Waals surface area contributed by atoms with Crippen LogP contribution in [0.15, 0.2) is 5.16 Å². The molecule has 1 aliphatic carbocycles. The number of aliphatic hydroxyl groups is 1. The Morgan fingerprint density at radius 2 is 2.00 bits per heavy atom. The van der Waals surface area contributed by atoms with Gasteiger partial charge in [-0.25, -0.2) is 0 Å². The smallest absolute Gasteiger partial charge is 0.191 e. The molecule has 2 rings (SSSR count). The molecule has 0 radical (unpaired) electrons. The van der Waals surface area contributed by atoms with Crippen LogP contribution in [0.25, 0.3) is 0 Å². The molecule has 5 nitrogen and oxygen atoms in total. The maximum atomic E-state index is 10.5. The van der Waals surface area contributed by atoms with E-state index in [9.17, 15) is 5.11 Å². The lowest BCUT2D eigenvalue weighted by atomic mass is 9.86. The summed E-state index contributed by atoms with van der Waals surface area (Å²) >= 11 is 1.60. The van der Waals surface area contributed by atoms with Gasteiger partial charge in [0.25, 0.3) is 0 Å². The predicted molar refractivity (Wildman–Crippen MR) is 77.1 cm³/mol. The third kappa shape index (κ3) is 3.49. The van der Waals surface area contributed by atoms with Crippen LogP contribution in [0.5, 0.6) is 0 Å². The number of nitrogens with zero attached hydrogens (tertiary/aromatic N) is 3. The van der Waals surface area contributed by atoms with Crippen molar-refractivity contribution in [3.05, 3.63) is 5.82 Å². The fraction of sp³-hybridized carbons (Fsp3) is 0.846. The molecule has 0 aliphatic heterocycles. The van der Waals surface area contributed by atoms with Gasteiger partial charge in [0.1, 0.15) is 5.82 Å². The predicted octanol–water partition coefficient (Wildman–Crippen LogP) is 2.10. The van der Waals surface area contributed by atoms with Crippen LogP contribution < -0.4 is 5.73 Å². The van der Waals surface area contributed by atoms with Crippen molar-refractivity contribution in [3.8, 4) is 0 Å². The SMILES string of the molecule is CC(C)n1c(CN)nnc1SCC1(O)CCCCC1. The zero-order chi connectivity index (χ0) is 13.9. The van der Waals surface area contributed by atoms with Crippen molar-refractivity contribution >= 4 is 11.8 Å². The van der Waals surface area contributed by atoms with Crippen LogP contribution in [0.1, 0.15) is 57.8 Å². The van der Waals surface area contributed by atoms with Crippen LogP contribution in [0.3, 0.4) is 0 Å². The molecule has 0 unspecified atom stereocenters. The van der Waals surface area contributed by atoms with E-state index in [1.165, 1.54) is 6.42 Å². The van der Waals surface area contributed by atoms with E-state index < -0.39 is 5.60 Å². The molecule has 1 heterocycles. The summed E-state index contributed by atoms with van der Waals surface area (Å²) < 4.78 is 2.07. The molecule has 3 N–H and O–H groups in total. The molecule has 0 aromatic carbocycles. The molecular weight excluding hydrogens is 260 g/mol. The maximum absolute atomic E-state index is 10.5. The quantitative estimate of drug-likeness (QED) is 0.810. The lowest BCUT2D eigenvalue weighted by Gasteiger charge is -2.31. The Bertz CT molecular complexity index is 413. The second kappa shape index (κ2) is 6.24. The van der Waals surface area contributed by atoms with Crippen LogP contribution in [-0.4, -0.2) is 31.2 Å². The molecular formula is C13H24N4OS. The molecule has 19 heavy (non-hydrogen) atoms. The average Bonchev–Trinajstić information content (AvgIpc) is 2.80. The van der Waals surface area contributed by atoms with Gasteiger partial charge >= 0.3 is 0 Å². The first-order valence-electron chi connectivity index (χ1n) is 7.05. The lowest BCUT2D eigenvalue weighted by Crippen LogP contribution is -2.34. The molecule has 1 fully saturated rings. The van der Waals surface area contributed by atoms with Crippen LogP contribution >= 0.6 is 11.8 Å². The maximum Gasteiger partial charge on any atom is 0.191 e. The first-order chi connectivity index (χ1) is 9.06. The lowest BCUT2D eigenvalue weighted by molar-refractivity contribution is 0.0272. The molecule has 0 spiro atoms. The zero-order valence-corrected chi connectivity index (χ0v) is 12.6. The van der Waals surface area contributed by atoms with E-state index in [1.54, 1.807) is 11.8 Å². The van der Waals surface area contributed by atoms with E-state index in [2.05, 4.69) is 28.6 Å². The Morgan fingerprint density at radius 3 is 2.58 bits per heavy atom. The fourth-order valence-electron chi connectivity index (χ4n) is 2.62. The summed E-state index contributed by atoms with van der Waals surface area (Å²) in [5.41, 5.74) is 5.16. The largest absolute Gasteiger partial charge is 0.389 e. The second-order valence-corrected chi connectivity index (χ2v) is 6.58. The normalized spacial score (nSPS) is 19.0. The third-order valence-corrected chi connectivity index (χ3v) is 4.91. The van der Waals surface area contributed by atoms with Gasteiger partial charge in [0.05, 0.1) is 12.1 Å². The molecule has 108 valence electrons. The van der Waals surface area contributed by atoms with E-state index in [1.807, 2.05) is 0 Å². The van der Waals surface area contributed by atoms with E-state index in [-0.39, 0.29) is 6.04 Å². The van der Waals surface area contributed by atoms with E-state index in [0.29, 0.717) is 12.3 Å². The van der Waals surface area contributed by atoms with Gasteiger partial charge in [-0.05, 0) is 26.7 Å². The van der Waals surface area contributed by atoms with Crippen molar-refractivity contribution in [2.75, 3.05) is 5.75 Å². The number of hydrogen-bond donors (Lipinski definition) is 2. The summed E-state index contributed by atoms with van der Waals surface area (Å²) in [7, 11) is 0. The van der Waals surface area contributed by atoms with Gasteiger partial charge in [-0.1, -0.05) is 31.0 Å². The van der Waals surface area contributed by atoms with Gasteiger partial charge in [0, 0.05) is 11.8 Å². The summed E-state index contributed by atoms with van der Waals surface area (Å²) in [6, 6.07) is 0.289. The highest BCUT2D eigenvalue weighted by Crippen LogP contribution is 2.33. The minimum Gasteiger partial charge on any atom is -0.389 e. The number of nitrogens with two attached hydrogens (primary N) is 1. The van der Waals surface area contributed by atoms with Crippen molar-refractivity contribution in [2.45, 2.75) is 69.3 Å². The molecule has 1 saturated carbocycles. The molecule has 6 heteroatoms. The highest BCUT2D eigenvalue weighted by molar-refractivity contribution is 7.99. The van der Waals surface area contributed by atoms with Gasteiger partial charge in [-0.3, -0.25) is 0 Å². The summed E-state index contributed by atoms with van der Waals surface area (Å²) in [6.07, 6.45) is 5.30. The van der Waals surface area contributed by atoms with Crippen molar-refractivity contribution in [1.29, 1.82) is 0 Å². The Morgan fingerprint density at radius 1 is 1.32 bits per heavy atom. The second-order valence-electron chi connectivity index (χ2n) is 5.64. The Hall–Kier alpha value is -0.590. The summed E-state index contributed by atoms with van der Waals surface area (Å²) in [4.78, 5) is 0. The fourth-order valence-corrected chi connectivity index (χ4v) is 3.86. The van der Waals surface area contributed by atoms with Gasteiger partial charge in [0.2, 0.25) is 0 Å². The molecule has 1 aromatic heterocycles. The first-order valence-corrected chi connectivity index (χ1v) is 8.03. The summed E-state index contributed by atoms with van der Waals surface area (Å²) in [6.45, 7) is 4.60. The average molecular weight is 284 g/mol. The van der Waals surface area contributed by atoms with Gasteiger partial charge < -0.3 is 15.4 Å². The molecule has 0 bridgehead atoms. The van der Waals surface area contributed by atoms with E-state index >= 15 is 0 Å². The molecule has 1 aromatic rings. The topological polar surface area (TPSA) is 77.0 Å². The van der Waals surface area contributed by atoms with Crippen molar-refractivity contribution in [2.24, 2.45) is 5.73 Å². The molecule has 0 saturated heterocycles. The standard InChI is InChI=1S/C13H24N4OS/c1-10(2)17-11(8-14)15-16-12(17)19-9-13(18)6-4-3-5-7-13/h10,18H,3-9,14H2,1-2H3. The number of thioether (sulfide) groups is 1. The summed E-state index contributed by atoms with van der Waals surface area (Å²) in [5, 5.41) is 19.7. The van der Waals surface area contributed by atoms with Gasteiger partial charge in [-0.2, -0.15) is 0 Å². The Balaban J connectivity index is 2.04. The van der Waals surface area contributed by atoms with Crippen LogP contribution in [0.4, 0.5) is 0 Å². The minimum atomic E-state index is -0.528. The van der Waals surface area contributed by atoms with Crippen LogP contribution in [0, 0.1) is 0 Å². The van der Waals surface area contributed by atoms with Crippen molar-refractivity contribution < 1.29 is 5.11 Å². The molecule has 0 atom stereocenters. The zero-order valence-electron chi connectivity index (χ0n) is 11.8. The molecule has 0 amide bonds. The number of hydrogen-bond acceptors (Lipinski definition) is 5.